The van der Waals surface area contributed by atoms with E-state index in [0.29, 0.717) is 24.0 Å². The first-order valence-corrected chi connectivity index (χ1v) is 6.53. The van der Waals surface area contributed by atoms with Crippen LogP contribution in [0.1, 0.15) is 32.3 Å². The molecule has 0 spiro atoms. The lowest BCUT2D eigenvalue weighted by Crippen LogP contribution is -2.28. The van der Waals surface area contributed by atoms with Crippen LogP contribution >= 0.6 is 0 Å². The Kier molecular flexibility index (Phi) is 6.02. The van der Waals surface area contributed by atoms with Crippen molar-refractivity contribution in [3.8, 4) is 0 Å². The van der Waals surface area contributed by atoms with Gasteiger partial charge in [-0.15, -0.1) is 0 Å². The molecule has 1 rings (SSSR count). The highest BCUT2D eigenvalue weighted by Crippen LogP contribution is 2.28. The minimum absolute atomic E-state index is 0.0304. The molecule has 5 heteroatoms. The molecule has 1 aromatic carbocycles. The molecule has 0 aliphatic heterocycles. The molecule has 1 aromatic rings. The van der Waals surface area contributed by atoms with Gasteiger partial charge in [-0.25, -0.2) is 8.78 Å². The summed E-state index contributed by atoms with van der Waals surface area (Å²) in [4.78, 5) is 2.22. The van der Waals surface area contributed by atoms with Gasteiger partial charge in [0.05, 0.1) is 0 Å². The molecule has 0 saturated carbocycles. The summed E-state index contributed by atoms with van der Waals surface area (Å²) in [6.07, 6.45) is -1.61. The van der Waals surface area contributed by atoms with Crippen LogP contribution in [-0.4, -0.2) is 31.1 Å². The maximum absolute atomic E-state index is 12.8. The molecule has 0 aliphatic rings. The van der Waals surface area contributed by atoms with E-state index in [4.69, 9.17) is 5.73 Å². The lowest BCUT2D eigenvalue weighted by molar-refractivity contribution is 0.152. The summed E-state index contributed by atoms with van der Waals surface area (Å²) in [7, 11) is 2.05. The summed E-state index contributed by atoms with van der Waals surface area (Å²) >= 11 is 0. The van der Waals surface area contributed by atoms with Crippen LogP contribution in [0.2, 0.25) is 0 Å². The van der Waals surface area contributed by atoms with E-state index in [1.54, 1.807) is 12.1 Å². The van der Waals surface area contributed by atoms with E-state index in [-0.39, 0.29) is 5.56 Å². The van der Waals surface area contributed by atoms with Gasteiger partial charge in [-0.2, -0.15) is 0 Å². The summed E-state index contributed by atoms with van der Waals surface area (Å²) in [5.74, 6) is 0. The van der Waals surface area contributed by atoms with Gasteiger partial charge in [-0.3, -0.25) is 0 Å². The van der Waals surface area contributed by atoms with E-state index in [9.17, 15) is 8.78 Å². The van der Waals surface area contributed by atoms with Crippen molar-refractivity contribution in [2.75, 3.05) is 31.2 Å². The van der Waals surface area contributed by atoms with Crippen molar-refractivity contribution in [3.63, 3.8) is 0 Å². The molecule has 19 heavy (non-hydrogen) atoms. The Labute approximate surface area is 113 Å². The Morgan fingerprint density at radius 1 is 1.32 bits per heavy atom. The van der Waals surface area contributed by atoms with Gasteiger partial charge in [-0.05, 0) is 52.1 Å². The molecule has 0 heterocycles. The minimum atomic E-state index is -2.51. The summed E-state index contributed by atoms with van der Waals surface area (Å²) in [5, 5.41) is 3.05. The van der Waals surface area contributed by atoms with Gasteiger partial charge < -0.3 is 16.0 Å². The number of halogens is 2. The van der Waals surface area contributed by atoms with Crippen LogP contribution in [-0.2, 0) is 0 Å². The predicted molar refractivity (Wildman–Crippen MR) is 76.7 cm³/mol. The molecule has 0 fully saturated rings. The monoisotopic (exact) mass is 271 g/mol. The van der Waals surface area contributed by atoms with Gasteiger partial charge in [0.25, 0.3) is 6.43 Å². The molecule has 0 radical (unpaired) electrons. The standard InChI is InChI=1S/C14H23F2N3/c1-10(2)19(3)8-4-7-18-13-6-5-11(17)9-12(13)14(15)16/h5-6,9-10,14,18H,4,7-8,17H2,1-3H3. The van der Waals surface area contributed by atoms with Crippen molar-refractivity contribution in [1.82, 2.24) is 4.90 Å². The first kappa shape index (κ1) is 15.7. The average molecular weight is 271 g/mol. The van der Waals surface area contributed by atoms with Gasteiger partial charge in [0.2, 0.25) is 0 Å². The zero-order valence-electron chi connectivity index (χ0n) is 11.8. The number of nitrogens with one attached hydrogen (secondary N) is 1. The highest BCUT2D eigenvalue weighted by Gasteiger charge is 2.13. The number of nitrogens with zero attached hydrogens (tertiary/aromatic N) is 1. The molecule has 108 valence electrons. The fourth-order valence-electron chi connectivity index (χ4n) is 1.73. The van der Waals surface area contributed by atoms with Crippen LogP contribution in [0.25, 0.3) is 0 Å². The van der Waals surface area contributed by atoms with Crippen LogP contribution in [0.4, 0.5) is 20.2 Å². The largest absolute Gasteiger partial charge is 0.399 e. The lowest BCUT2D eigenvalue weighted by atomic mass is 10.1. The summed E-state index contributed by atoms with van der Waals surface area (Å²) in [5.41, 5.74) is 6.33. The van der Waals surface area contributed by atoms with Crippen molar-refractivity contribution in [2.45, 2.75) is 32.7 Å². The first-order valence-electron chi connectivity index (χ1n) is 6.53. The van der Waals surface area contributed by atoms with Crippen LogP contribution in [0.3, 0.4) is 0 Å². The summed E-state index contributed by atoms with van der Waals surface area (Å²) in [6, 6.07) is 5.07. The van der Waals surface area contributed by atoms with Crippen LogP contribution in [0.15, 0.2) is 18.2 Å². The number of nitrogens with two attached hydrogens (primary N) is 1. The number of nitrogen functional groups attached to an aromatic ring is 1. The predicted octanol–water partition coefficient (Wildman–Crippen LogP) is 3.35. The minimum Gasteiger partial charge on any atom is -0.399 e. The number of hydrogen-bond acceptors (Lipinski definition) is 3. The molecule has 0 aromatic heterocycles. The molecular weight excluding hydrogens is 248 g/mol. The van der Waals surface area contributed by atoms with Crippen molar-refractivity contribution in [3.05, 3.63) is 23.8 Å². The first-order chi connectivity index (χ1) is 8.91. The fraction of sp³-hybridized carbons (Fsp3) is 0.571. The van der Waals surface area contributed by atoms with Crippen molar-refractivity contribution >= 4 is 11.4 Å². The van der Waals surface area contributed by atoms with E-state index < -0.39 is 6.43 Å². The number of alkyl halides is 2. The van der Waals surface area contributed by atoms with Gasteiger partial charge in [0, 0.05) is 29.5 Å². The molecule has 3 N–H and O–H groups in total. The molecule has 0 amide bonds. The molecule has 0 atom stereocenters. The zero-order chi connectivity index (χ0) is 14.4. The Morgan fingerprint density at radius 3 is 2.58 bits per heavy atom. The van der Waals surface area contributed by atoms with E-state index in [1.165, 1.54) is 6.07 Å². The topological polar surface area (TPSA) is 41.3 Å². The second-order valence-electron chi connectivity index (χ2n) is 5.00. The van der Waals surface area contributed by atoms with Crippen LogP contribution < -0.4 is 11.1 Å². The summed E-state index contributed by atoms with van der Waals surface area (Å²) in [6.45, 7) is 5.86. The van der Waals surface area contributed by atoms with Gasteiger partial charge in [0.15, 0.2) is 0 Å². The van der Waals surface area contributed by atoms with Gasteiger partial charge in [0.1, 0.15) is 0 Å². The summed E-state index contributed by atoms with van der Waals surface area (Å²) < 4.78 is 25.7. The van der Waals surface area contributed by atoms with E-state index in [0.717, 1.165) is 13.0 Å². The Hall–Kier alpha value is -1.36. The normalized spacial score (nSPS) is 11.6. The lowest BCUT2D eigenvalue weighted by Gasteiger charge is -2.21. The van der Waals surface area contributed by atoms with E-state index >= 15 is 0 Å². The van der Waals surface area contributed by atoms with Crippen LogP contribution in [0.5, 0.6) is 0 Å². The number of benzene rings is 1. The molecule has 0 unspecified atom stereocenters. The van der Waals surface area contributed by atoms with Crippen molar-refractivity contribution in [1.29, 1.82) is 0 Å². The van der Waals surface area contributed by atoms with Crippen LogP contribution in [0, 0.1) is 0 Å². The van der Waals surface area contributed by atoms with Crippen molar-refractivity contribution < 1.29 is 8.78 Å². The highest BCUT2D eigenvalue weighted by molar-refractivity contribution is 5.58. The van der Waals surface area contributed by atoms with Crippen molar-refractivity contribution in [2.24, 2.45) is 0 Å². The molecule has 0 saturated heterocycles. The average Bonchev–Trinajstić information content (AvgIpc) is 2.35. The van der Waals surface area contributed by atoms with E-state index in [1.807, 2.05) is 0 Å². The molecule has 0 aliphatic carbocycles. The molecule has 3 nitrogen and oxygen atoms in total. The third-order valence-electron chi connectivity index (χ3n) is 3.20. The Bertz CT molecular complexity index is 394. The Balaban J connectivity index is 2.49. The quantitative estimate of drug-likeness (QED) is 0.590. The zero-order valence-corrected chi connectivity index (χ0v) is 11.8. The Morgan fingerprint density at radius 2 is 2.00 bits per heavy atom. The number of hydrogen-bond donors (Lipinski definition) is 2. The fourth-order valence-corrected chi connectivity index (χ4v) is 1.73. The maximum Gasteiger partial charge on any atom is 0.265 e. The smallest absolute Gasteiger partial charge is 0.265 e. The maximum atomic E-state index is 12.8. The number of rotatable bonds is 7. The van der Waals surface area contributed by atoms with Gasteiger partial charge >= 0.3 is 0 Å². The SMILES string of the molecule is CC(C)N(C)CCCNc1ccc(N)cc1C(F)F. The third-order valence-corrected chi connectivity index (χ3v) is 3.20. The van der Waals surface area contributed by atoms with Gasteiger partial charge in [-0.1, -0.05) is 0 Å². The highest BCUT2D eigenvalue weighted by atomic mass is 19.3. The second kappa shape index (κ2) is 7.28. The van der Waals surface area contributed by atoms with E-state index in [2.05, 4.69) is 31.1 Å². The molecular formula is C14H23F2N3. The third kappa shape index (κ3) is 5.03. The molecule has 0 bridgehead atoms. The number of anilines is 2. The second-order valence-corrected chi connectivity index (χ2v) is 5.00.